The molecule has 0 atom stereocenters. The molecule has 3 rings (SSSR count). The first-order valence-corrected chi connectivity index (χ1v) is 7.36. The SMILES string of the molecule is Cc1n[nH]c(C)c1CNc1ccc2cc(Br)ccc2c1. The van der Waals surface area contributed by atoms with Gasteiger partial charge in [-0.05, 0) is 48.9 Å². The largest absolute Gasteiger partial charge is 0.381 e. The predicted molar refractivity (Wildman–Crippen MR) is 87.0 cm³/mol. The van der Waals surface area contributed by atoms with E-state index < -0.39 is 0 Å². The smallest absolute Gasteiger partial charge is 0.0643 e. The second-order valence-corrected chi connectivity index (χ2v) is 5.89. The van der Waals surface area contributed by atoms with Crippen molar-refractivity contribution in [2.45, 2.75) is 20.4 Å². The third-order valence-electron chi connectivity index (χ3n) is 3.55. The maximum absolute atomic E-state index is 4.22. The lowest BCUT2D eigenvalue weighted by Crippen LogP contribution is -2.01. The number of halogens is 1. The Labute approximate surface area is 126 Å². The van der Waals surface area contributed by atoms with E-state index in [0.717, 1.165) is 28.1 Å². The maximum atomic E-state index is 4.22. The van der Waals surface area contributed by atoms with Crippen LogP contribution in [0.5, 0.6) is 0 Å². The number of fused-ring (bicyclic) bond motifs is 1. The number of hydrogen-bond acceptors (Lipinski definition) is 2. The zero-order valence-electron chi connectivity index (χ0n) is 11.5. The number of nitrogens with one attached hydrogen (secondary N) is 2. The molecule has 0 aliphatic carbocycles. The summed E-state index contributed by atoms with van der Waals surface area (Å²) in [6.45, 7) is 4.86. The Hall–Kier alpha value is -1.81. The van der Waals surface area contributed by atoms with Crippen LogP contribution in [-0.4, -0.2) is 10.2 Å². The van der Waals surface area contributed by atoms with Crippen LogP contribution >= 0.6 is 15.9 Å². The fraction of sp³-hybridized carbons (Fsp3) is 0.188. The van der Waals surface area contributed by atoms with Crippen LogP contribution in [0.2, 0.25) is 0 Å². The molecule has 0 bridgehead atoms. The van der Waals surface area contributed by atoms with Gasteiger partial charge in [0.15, 0.2) is 0 Å². The first kappa shape index (κ1) is 13.2. The maximum Gasteiger partial charge on any atom is 0.0643 e. The summed E-state index contributed by atoms with van der Waals surface area (Å²) < 4.78 is 1.11. The third-order valence-corrected chi connectivity index (χ3v) is 4.05. The van der Waals surface area contributed by atoms with E-state index in [1.165, 1.54) is 16.3 Å². The Kier molecular flexibility index (Phi) is 3.49. The molecule has 2 aromatic carbocycles. The fourth-order valence-electron chi connectivity index (χ4n) is 2.35. The minimum Gasteiger partial charge on any atom is -0.381 e. The van der Waals surface area contributed by atoms with Crippen molar-refractivity contribution in [3.63, 3.8) is 0 Å². The Morgan fingerprint density at radius 2 is 1.85 bits per heavy atom. The molecule has 0 aliphatic rings. The van der Waals surface area contributed by atoms with Gasteiger partial charge < -0.3 is 5.32 Å². The molecule has 20 heavy (non-hydrogen) atoms. The number of H-pyrrole nitrogens is 1. The lowest BCUT2D eigenvalue weighted by atomic mass is 10.1. The minimum atomic E-state index is 0.788. The third kappa shape index (κ3) is 2.56. The van der Waals surface area contributed by atoms with Crippen LogP contribution in [0.3, 0.4) is 0 Å². The molecule has 0 radical (unpaired) electrons. The van der Waals surface area contributed by atoms with Crippen LogP contribution in [0, 0.1) is 13.8 Å². The summed E-state index contributed by atoms with van der Waals surface area (Å²) in [4.78, 5) is 0. The van der Waals surface area contributed by atoms with Crippen LogP contribution < -0.4 is 5.32 Å². The molecule has 0 fully saturated rings. The Bertz CT molecular complexity index is 742. The number of nitrogens with zero attached hydrogens (tertiary/aromatic N) is 1. The number of rotatable bonds is 3. The zero-order valence-corrected chi connectivity index (χ0v) is 13.1. The Morgan fingerprint density at radius 3 is 2.60 bits per heavy atom. The van der Waals surface area contributed by atoms with Crippen molar-refractivity contribution < 1.29 is 0 Å². The van der Waals surface area contributed by atoms with Crippen molar-refractivity contribution in [3.8, 4) is 0 Å². The molecular weight excluding hydrogens is 314 g/mol. The van der Waals surface area contributed by atoms with Crippen LogP contribution in [0.15, 0.2) is 40.9 Å². The molecule has 0 spiro atoms. The van der Waals surface area contributed by atoms with Crippen molar-refractivity contribution in [2.24, 2.45) is 0 Å². The van der Waals surface area contributed by atoms with E-state index in [0.29, 0.717) is 0 Å². The number of aryl methyl sites for hydroxylation is 2. The molecule has 0 aliphatic heterocycles. The molecule has 3 nitrogen and oxygen atoms in total. The summed E-state index contributed by atoms with van der Waals surface area (Å²) in [6.07, 6.45) is 0. The Morgan fingerprint density at radius 1 is 1.10 bits per heavy atom. The molecule has 0 amide bonds. The molecular formula is C16H16BrN3. The highest BCUT2D eigenvalue weighted by atomic mass is 79.9. The van der Waals surface area contributed by atoms with Gasteiger partial charge in [0.1, 0.15) is 0 Å². The molecule has 3 aromatic rings. The van der Waals surface area contributed by atoms with E-state index in [2.05, 4.69) is 74.8 Å². The van der Waals surface area contributed by atoms with E-state index in [4.69, 9.17) is 0 Å². The van der Waals surface area contributed by atoms with Gasteiger partial charge in [-0.3, -0.25) is 5.10 Å². The van der Waals surface area contributed by atoms with Gasteiger partial charge in [-0.25, -0.2) is 0 Å². The van der Waals surface area contributed by atoms with Crippen LogP contribution in [0.4, 0.5) is 5.69 Å². The number of anilines is 1. The molecule has 0 unspecified atom stereocenters. The van der Waals surface area contributed by atoms with E-state index in [9.17, 15) is 0 Å². The lowest BCUT2D eigenvalue weighted by molar-refractivity contribution is 1.02. The van der Waals surface area contributed by atoms with Gasteiger partial charge in [0.25, 0.3) is 0 Å². The first-order chi connectivity index (χ1) is 9.63. The van der Waals surface area contributed by atoms with Gasteiger partial charge in [-0.1, -0.05) is 28.1 Å². The molecule has 1 aromatic heterocycles. The van der Waals surface area contributed by atoms with Gasteiger partial charge in [0, 0.05) is 28.0 Å². The monoisotopic (exact) mass is 329 g/mol. The van der Waals surface area contributed by atoms with Gasteiger partial charge in [-0.15, -0.1) is 0 Å². The quantitative estimate of drug-likeness (QED) is 0.739. The van der Waals surface area contributed by atoms with Crippen molar-refractivity contribution >= 4 is 32.4 Å². The topological polar surface area (TPSA) is 40.7 Å². The van der Waals surface area contributed by atoms with Gasteiger partial charge in [0.05, 0.1) is 5.69 Å². The standard InChI is InChI=1S/C16H16BrN3/c1-10-16(11(2)20-19-10)9-18-15-6-4-12-7-14(17)5-3-13(12)8-15/h3-8,18H,9H2,1-2H3,(H,19,20). The molecule has 102 valence electrons. The summed E-state index contributed by atoms with van der Waals surface area (Å²) >= 11 is 3.50. The van der Waals surface area contributed by atoms with Gasteiger partial charge in [0.2, 0.25) is 0 Å². The number of hydrogen-bond donors (Lipinski definition) is 2. The summed E-state index contributed by atoms with van der Waals surface area (Å²) in [5, 5.41) is 13.2. The average Bonchev–Trinajstić information content (AvgIpc) is 2.76. The van der Waals surface area contributed by atoms with Gasteiger partial charge >= 0.3 is 0 Å². The van der Waals surface area contributed by atoms with E-state index in [-0.39, 0.29) is 0 Å². The highest BCUT2D eigenvalue weighted by Crippen LogP contribution is 2.23. The highest BCUT2D eigenvalue weighted by molar-refractivity contribution is 9.10. The molecule has 0 saturated heterocycles. The lowest BCUT2D eigenvalue weighted by Gasteiger charge is -2.08. The second kappa shape index (κ2) is 5.29. The summed E-state index contributed by atoms with van der Waals surface area (Å²) in [5.74, 6) is 0. The summed E-state index contributed by atoms with van der Waals surface area (Å²) in [7, 11) is 0. The average molecular weight is 330 g/mol. The van der Waals surface area contributed by atoms with Crippen molar-refractivity contribution in [3.05, 3.63) is 57.8 Å². The summed E-state index contributed by atoms with van der Waals surface area (Å²) in [5.41, 5.74) is 4.54. The predicted octanol–water partition coefficient (Wildman–Crippen LogP) is 4.55. The van der Waals surface area contributed by atoms with E-state index >= 15 is 0 Å². The zero-order chi connectivity index (χ0) is 14.1. The number of aromatic amines is 1. The second-order valence-electron chi connectivity index (χ2n) is 4.97. The van der Waals surface area contributed by atoms with Crippen LogP contribution in [0.1, 0.15) is 17.0 Å². The van der Waals surface area contributed by atoms with E-state index in [1.54, 1.807) is 0 Å². The minimum absolute atomic E-state index is 0.788. The summed E-state index contributed by atoms with van der Waals surface area (Å²) in [6, 6.07) is 12.7. The fourth-order valence-corrected chi connectivity index (χ4v) is 2.73. The number of aromatic nitrogens is 2. The van der Waals surface area contributed by atoms with Crippen molar-refractivity contribution in [1.82, 2.24) is 10.2 Å². The highest BCUT2D eigenvalue weighted by Gasteiger charge is 2.05. The molecule has 2 N–H and O–H groups in total. The molecule has 4 heteroatoms. The first-order valence-electron chi connectivity index (χ1n) is 6.57. The van der Waals surface area contributed by atoms with Crippen LogP contribution in [-0.2, 0) is 6.54 Å². The van der Waals surface area contributed by atoms with Crippen molar-refractivity contribution in [2.75, 3.05) is 5.32 Å². The van der Waals surface area contributed by atoms with Crippen LogP contribution in [0.25, 0.3) is 10.8 Å². The number of benzene rings is 2. The molecule has 0 saturated carbocycles. The van der Waals surface area contributed by atoms with Gasteiger partial charge in [-0.2, -0.15) is 5.10 Å². The van der Waals surface area contributed by atoms with E-state index in [1.807, 2.05) is 6.92 Å². The Balaban J connectivity index is 1.83. The normalized spacial score (nSPS) is 10.9. The van der Waals surface area contributed by atoms with Crippen molar-refractivity contribution in [1.29, 1.82) is 0 Å². The molecule has 1 heterocycles.